The maximum Gasteiger partial charge on any atom is 0.369 e. The number of carbonyl (C=O) groups excluding carboxylic acids is 1. The molecule has 0 atom stereocenters. The Balaban J connectivity index is 2.52. The van der Waals surface area contributed by atoms with Gasteiger partial charge in [-0.2, -0.15) is 0 Å². The summed E-state index contributed by atoms with van der Waals surface area (Å²) in [5.74, 6) is -0.387. The summed E-state index contributed by atoms with van der Waals surface area (Å²) in [4.78, 5) is 50.7. The third-order valence-corrected chi connectivity index (χ3v) is 7.66. The molecule has 1 saturated heterocycles. The third kappa shape index (κ3) is 5.06. The molecule has 0 aromatic carbocycles. The van der Waals surface area contributed by atoms with Crippen molar-refractivity contribution >= 4 is 21.1 Å². The first-order chi connectivity index (χ1) is 10.4. The van der Waals surface area contributed by atoms with Crippen molar-refractivity contribution in [1.82, 2.24) is 9.80 Å². The Morgan fingerprint density at radius 1 is 1.00 bits per heavy atom. The van der Waals surface area contributed by atoms with Crippen LogP contribution in [0.25, 0.3) is 0 Å². The maximum absolute atomic E-state index is 11.3. The van der Waals surface area contributed by atoms with E-state index in [1.165, 1.54) is 4.90 Å². The maximum atomic E-state index is 11.3. The van der Waals surface area contributed by atoms with Crippen LogP contribution in [0.1, 0.15) is 12.8 Å². The van der Waals surface area contributed by atoms with E-state index in [0.717, 1.165) is 0 Å². The smallest absolute Gasteiger partial charge is 0.369 e. The molecule has 0 spiro atoms. The molecule has 0 saturated carbocycles. The van der Waals surface area contributed by atoms with Gasteiger partial charge in [0.2, 0.25) is 5.91 Å². The Morgan fingerprint density at radius 2 is 1.48 bits per heavy atom. The van der Waals surface area contributed by atoms with Crippen LogP contribution >= 0.6 is 15.2 Å². The highest BCUT2D eigenvalue weighted by Gasteiger charge is 2.58. The quantitative estimate of drug-likeness (QED) is 0.270. The van der Waals surface area contributed by atoms with E-state index < -0.39 is 33.3 Å². The fraction of sp³-hybridized carbons (Fsp3) is 0.900. The fourth-order valence-corrected chi connectivity index (χ4v) is 4.58. The second-order valence-electron chi connectivity index (χ2n) is 5.35. The molecule has 0 bridgehead atoms. The number of hydrogen-bond acceptors (Lipinski definition) is 6. The molecule has 11 nitrogen and oxygen atoms in total. The molecule has 1 heterocycles. The topological polar surface area (TPSA) is 179 Å². The van der Waals surface area contributed by atoms with Gasteiger partial charge in [0, 0.05) is 32.6 Å². The lowest BCUT2D eigenvalue weighted by Gasteiger charge is -2.35. The molecule has 1 fully saturated rings. The first-order valence-corrected chi connectivity index (χ1v) is 10.1. The summed E-state index contributed by atoms with van der Waals surface area (Å²) < 4.78 is 22.4. The molecule has 13 heteroatoms. The molecule has 0 aliphatic carbocycles. The van der Waals surface area contributed by atoms with E-state index in [9.17, 15) is 19.0 Å². The minimum atomic E-state index is -5.41. The Morgan fingerprint density at radius 3 is 1.87 bits per heavy atom. The standard InChI is InChI=1S/C10H22N2O9P2/c13-8-9(14)12-6-4-11(5-7-12)3-1-2-10(15,22(16,17)18)23(19,20)21/h13,15H,1-8H2,(H2,16,17,18)(H2,19,20,21). The molecule has 136 valence electrons. The molecular formula is C10H22N2O9P2. The Labute approximate surface area is 132 Å². The molecule has 6 N–H and O–H groups in total. The van der Waals surface area contributed by atoms with Crippen molar-refractivity contribution in [3.05, 3.63) is 0 Å². The lowest BCUT2D eigenvalue weighted by Crippen LogP contribution is -2.49. The van der Waals surface area contributed by atoms with E-state index in [4.69, 9.17) is 24.7 Å². The summed E-state index contributed by atoms with van der Waals surface area (Å²) in [5, 5.41) is 15.1. The zero-order chi connectivity index (χ0) is 17.9. The average Bonchev–Trinajstić information content (AvgIpc) is 2.44. The van der Waals surface area contributed by atoms with Gasteiger partial charge in [0.05, 0.1) is 0 Å². The van der Waals surface area contributed by atoms with Crippen LogP contribution in [0.15, 0.2) is 0 Å². The predicted octanol–water partition coefficient (Wildman–Crippen LogP) is -2.10. The third-order valence-electron chi connectivity index (χ3n) is 3.78. The van der Waals surface area contributed by atoms with Crippen LogP contribution in [0.4, 0.5) is 0 Å². The van der Waals surface area contributed by atoms with Crippen molar-refractivity contribution in [3.8, 4) is 0 Å². The number of nitrogens with zero attached hydrogens (tertiary/aromatic N) is 2. The fourth-order valence-electron chi connectivity index (χ4n) is 2.32. The first-order valence-electron chi connectivity index (χ1n) is 6.87. The van der Waals surface area contributed by atoms with Crippen molar-refractivity contribution in [2.24, 2.45) is 0 Å². The van der Waals surface area contributed by atoms with Gasteiger partial charge < -0.3 is 34.7 Å². The summed E-state index contributed by atoms with van der Waals surface area (Å²) in [7, 11) is -10.8. The number of aliphatic hydroxyl groups excluding tert-OH is 1. The second-order valence-corrected chi connectivity index (χ2v) is 9.36. The average molecular weight is 376 g/mol. The molecule has 1 aliphatic rings. The van der Waals surface area contributed by atoms with E-state index in [1.807, 2.05) is 4.90 Å². The normalized spacial score (nSPS) is 18.3. The number of hydrogen-bond donors (Lipinski definition) is 6. The number of amides is 1. The Bertz CT molecular complexity index is 486. The zero-order valence-electron chi connectivity index (χ0n) is 12.4. The largest absolute Gasteiger partial charge is 0.387 e. The van der Waals surface area contributed by atoms with Crippen LogP contribution in [-0.2, 0) is 13.9 Å². The van der Waals surface area contributed by atoms with Gasteiger partial charge in [-0.3, -0.25) is 18.8 Å². The van der Waals surface area contributed by atoms with E-state index in [1.54, 1.807) is 0 Å². The zero-order valence-corrected chi connectivity index (χ0v) is 14.1. The summed E-state index contributed by atoms with van der Waals surface area (Å²) in [6, 6.07) is 0. The van der Waals surface area contributed by atoms with Gasteiger partial charge in [0.25, 0.3) is 5.08 Å². The highest BCUT2D eigenvalue weighted by atomic mass is 31.2. The summed E-state index contributed by atoms with van der Waals surface area (Å²) in [6.45, 7) is 1.34. The van der Waals surface area contributed by atoms with Gasteiger partial charge in [-0.15, -0.1) is 0 Å². The first kappa shape index (κ1) is 20.7. The minimum Gasteiger partial charge on any atom is -0.387 e. The van der Waals surface area contributed by atoms with Crippen LogP contribution in [0, 0.1) is 0 Å². The van der Waals surface area contributed by atoms with Crippen molar-refractivity contribution < 1.29 is 43.7 Å². The van der Waals surface area contributed by atoms with Crippen molar-refractivity contribution in [2.45, 2.75) is 17.9 Å². The van der Waals surface area contributed by atoms with Gasteiger partial charge in [-0.1, -0.05) is 0 Å². The molecule has 23 heavy (non-hydrogen) atoms. The van der Waals surface area contributed by atoms with Gasteiger partial charge >= 0.3 is 15.2 Å². The minimum absolute atomic E-state index is 0.0410. The summed E-state index contributed by atoms with van der Waals surface area (Å²) >= 11 is 0. The second kappa shape index (κ2) is 7.69. The molecule has 1 amide bonds. The van der Waals surface area contributed by atoms with E-state index in [-0.39, 0.29) is 18.9 Å². The molecular weight excluding hydrogens is 354 g/mol. The molecule has 0 aromatic rings. The van der Waals surface area contributed by atoms with E-state index in [0.29, 0.717) is 26.2 Å². The Kier molecular flexibility index (Phi) is 6.92. The lowest BCUT2D eigenvalue weighted by molar-refractivity contribution is -0.135. The number of rotatable bonds is 7. The molecule has 1 rings (SSSR count). The van der Waals surface area contributed by atoms with E-state index >= 15 is 0 Å². The highest BCUT2D eigenvalue weighted by Crippen LogP contribution is 2.69. The van der Waals surface area contributed by atoms with Crippen molar-refractivity contribution in [3.63, 3.8) is 0 Å². The monoisotopic (exact) mass is 376 g/mol. The summed E-state index contributed by atoms with van der Waals surface area (Å²) in [5.41, 5.74) is 0. The molecule has 1 aliphatic heterocycles. The van der Waals surface area contributed by atoms with Crippen LogP contribution in [0.2, 0.25) is 0 Å². The number of aliphatic hydroxyl groups is 2. The molecule has 0 aromatic heterocycles. The van der Waals surface area contributed by atoms with Gasteiger partial charge in [-0.25, -0.2) is 0 Å². The number of piperazine rings is 1. The van der Waals surface area contributed by atoms with Crippen molar-refractivity contribution in [2.75, 3.05) is 39.3 Å². The van der Waals surface area contributed by atoms with Gasteiger partial charge in [0.15, 0.2) is 0 Å². The van der Waals surface area contributed by atoms with Crippen LogP contribution in [0.3, 0.4) is 0 Å². The van der Waals surface area contributed by atoms with Crippen molar-refractivity contribution in [1.29, 1.82) is 0 Å². The number of carbonyl (C=O) groups is 1. The lowest BCUT2D eigenvalue weighted by atomic mass is 10.2. The summed E-state index contributed by atoms with van der Waals surface area (Å²) in [6.07, 6.45) is -0.794. The van der Waals surface area contributed by atoms with Crippen LogP contribution in [0.5, 0.6) is 0 Å². The SMILES string of the molecule is O=C(CO)N1CCN(CCCC(O)(P(=O)(O)O)P(=O)(O)O)CC1. The molecule has 0 unspecified atom stereocenters. The van der Waals surface area contributed by atoms with Gasteiger partial charge in [-0.05, 0) is 13.0 Å². The predicted molar refractivity (Wildman–Crippen MR) is 78.4 cm³/mol. The Hall–Kier alpha value is -0.350. The van der Waals surface area contributed by atoms with E-state index in [2.05, 4.69) is 0 Å². The van der Waals surface area contributed by atoms with Gasteiger partial charge in [0.1, 0.15) is 6.61 Å². The van der Waals surface area contributed by atoms with Crippen LogP contribution in [-0.4, -0.2) is 89.9 Å². The molecule has 0 radical (unpaired) electrons. The van der Waals surface area contributed by atoms with Crippen LogP contribution < -0.4 is 0 Å². The highest BCUT2D eigenvalue weighted by molar-refractivity contribution is 7.72.